The minimum atomic E-state index is -0.0469. The Kier molecular flexibility index (Phi) is 10.0. The molecular weight excluding hydrogens is 544 g/mol. The molecular formula is C34H48N4O5. The van der Waals surface area contributed by atoms with E-state index in [-0.39, 0.29) is 18.0 Å². The number of methoxy groups -OCH3 is 2. The summed E-state index contributed by atoms with van der Waals surface area (Å²) in [6.45, 7) is 5.36. The van der Waals surface area contributed by atoms with Crippen molar-refractivity contribution in [3.63, 3.8) is 0 Å². The van der Waals surface area contributed by atoms with Crippen molar-refractivity contribution < 1.29 is 23.8 Å². The number of likely N-dealkylation sites (N-methyl/N-ethyl adjacent to an activating group) is 1. The van der Waals surface area contributed by atoms with Crippen molar-refractivity contribution in [3.8, 4) is 17.2 Å². The van der Waals surface area contributed by atoms with Crippen LogP contribution in [0.5, 0.6) is 17.2 Å². The van der Waals surface area contributed by atoms with E-state index in [0.717, 1.165) is 55.1 Å². The zero-order chi connectivity index (χ0) is 30.5. The molecule has 1 aliphatic carbocycles. The average molecular weight is 593 g/mol. The van der Waals surface area contributed by atoms with Crippen LogP contribution in [0, 0.1) is 5.92 Å². The highest BCUT2D eigenvalue weighted by Crippen LogP contribution is 2.36. The maximum atomic E-state index is 13.9. The van der Waals surface area contributed by atoms with Crippen LogP contribution in [0.3, 0.4) is 0 Å². The maximum Gasteiger partial charge on any atom is 0.325 e. The van der Waals surface area contributed by atoms with Gasteiger partial charge < -0.3 is 28.9 Å². The van der Waals surface area contributed by atoms with E-state index in [2.05, 4.69) is 25.9 Å². The van der Waals surface area contributed by atoms with Gasteiger partial charge in [0.1, 0.15) is 5.75 Å². The molecule has 5 rings (SSSR count). The SMILES string of the molecule is COc1cc(CC(=O)N2CC[C@H](N(C)C)C2)ccc1CN1C(=O)N(c2ccc(OC)c(OCCCC3CC3)c2)CC[C@@H]1C. The molecule has 0 unspecified atom stereocenters. The van der Waals surface area contributed by atoms with Crippen LogP contribution in [0.2, 0.25) is 0 Å². The van der Waals surface area contributed by atoms with Crippen molar-refractivity contribution in [2.45, 2.75) is 70.5 Å². The quantitative estimate of drug-likeness (QED) is 0.298. The Balaban J connectivity index is 1.25. The highest BCUT2D eigenvalue weighted by molar-refractivity contribution is 5.93. The minimum absolute atomic E-state index is 0.0469. The molecule has 2 saturated heterocycles. The van der Waals surface area contributed by atoms with E-state index < -0.39 is 0 Å². The first-order chi connectivity index (χ1) is 20.8. The maximum absolute atomic E-state index is 13.9. The second-order valence-corrected chi connectivity index (χ2v) is 12.5. The Bertz CT molecular complexity index is 1280. The van der Waals surface area contributed by atoms with E-state index in [0.29, 0.717) is 49.4 Å². The third-order valence-electron chi connectivity index (χ3n) is 9.24. The van der Waals surface area contributed by atoms with Gasteiger partial charge in [0, 0.05) is 49.0 Å². The Labute approximate surface area is 256 Å². The molecule has 2 aliphatic heterocycles. The van der Waals surface area contributed by atoms with Crippen LogP contribution in [0.15, 0.2) is 36.4 Å². The van der Waals surface area contributed by atoms with Gasteiger partial charge in [0.2, 0.25) is 5.91 Å². The molecule has 9 nitrogen and oxygen atoms in total. The molecule has 9 heteroatoms. The summed E-state index contributed by atoms with van der Waals surface area (Å²) < 4.78 is 17.4. The van der Waals surface area contributed by atoms with Gasteiger partial charge in [-0.2, -0.15) is 0 Å². The Morgan fingerprint density at radius 2 is 1.74 bits per heavy atom. The van der Waals surface area contributed by atoms with Crippen molar-refractivity contribution in [1.82, 2.24) is 14.7 Å². The summed E-state index contributed by atoms with van der Waals surface area (Å²) >= 11 is 0. The largest absolute Gasteiger partial charge is 0.496 e. The zero-order valence-electron chi connectivity index (χ0n) is 26.5. The third-order valence-corrected chi connectivity index (χ3v) is 9.24. The number of hydrogen-bond donors (Lipinski definition) is 0. The van der Waals surface area contributed by atoms with Gasteiger partial charge in [-0.1, -0.05) is 25.0 Å². The Morgan fingerprint density at radius 1 is 0.953 bits per heavy atom. The summed E-state index contributed by atoms with van der Waals surface area (Å²) in [5.41, 5.74) is 2.64. The fourth-order valence-corrected chi connectivity index (χ4v) is 6.17. The van der Waals surface area contributed by atoms with Crippen LogP contribution >= 0.6 is 0 Å². The van der Waals surface area contributed by atoms with Gasteiger partial charge in [-0.15, -0.1) is 0 Å². The lowest BCUT2D eigenvalue weighted by Gasteiger charge is -2.40. The summed E-state index contributed by atoms with van der Waals surface area (Å²) in [6.07, 6.45) is 7.10. The number of anilines is 1. The molecule has 2 atom stereocenters. The normalized spacial score (nSPS) is 20.6. The van der Waals surface area contributed by atoms with Gasteiger partial charge in [-0.25, -0.2) is 4.79 Å². The highest BCUT2D eigenvalue weighted by Gasteiger charge is 2.33. The number of nitrogens with zero attached hydrogens (tertiary/aromatic N) is 4. The molecule has 3 amide bonds. The van der Waals surface area contributed by atoms with Crippen LogP contribution in [0.1, 0.15) is 56.6 Å². The number of amides is 3. The topological polar surface area (TPSA) is 74.8 Å². The monoisotopic (exact) mass is 592 g/mol. The first kappa shape index (κ1) is 31.0. The smallest absolute Gasteiger partial charge is 0.325 e. The zero-order valence-corrected chi connectivity index (χ0v) is 26.5. The van der Waals surface area contributed by atoms with Crippen molar-refractivity contribution >= 4 is 17.6 Å². The minimum Gasteiger partial charge on any atom is -0.496 e. The first-order valence-electron chi connectivity index (χ1n) is 15.8. The van der Waals surface area contributed by atoms with Crippen molar-refractivity contribution in [2.75, 3.05) is 59.5 Å². The lowest BCUT2D eigenvalue weighted by Crippen LogP contribution is -2.53. The molecule has 0 spiro atoms. The van der Waals surface area contributed by atoms with E-state index in [1.807, 2.05) is 51.1 Å². The number of ether oxygens (including phenoxy) is 3. The number of benzene rings is 2. The van der Waals surface area contributed by atoms with E-state index >= 15 is 0 Å². The molecule has 2 aromatic rings. The van der Waals surface area contributed by atoms with Gasteiger partial charge >= 0.3 is 6.03 Å². The van der Waals surface area contributed by atoms with E-state index in [4.69, 9.17) is 14.2 Å². The molecule has 3 fully saturated rings. The Hall–Kier alpha value is -3.46. The van der Waals surface area contributed by atoms with Gasteiger partial charge in [0.05, 0.1) is 33.8 Å². The lowest BCUT2D eigenvalue weighted by atomic mass is 10.0. The van der Waals surface area contributed by atoms with E-state index in [9.17, 15) is 9.59 Å². The van der Waals surface area contributed by atoms with Crippen LogP contribution < -0.4 is 19.1 Å². The number of rotatable bonds is 13. The summed E-state index contributed by atoms with van der Waals surface area (Å²) in [5.74, 6) is 3.06. The first-order valence-corrected chi connectivity index (χ1v) is 15.8. The van der Waals surface area contributed by atoms with E-state index in [1.165, 1.54) is 19.3 Å². The molecule has 0 N–H and O–H groups in total. The molecule has 1 saturated carbocycles. The van der Waals surface area contributed by atoms with Crippen LogP contribution in [-0.2, 0) is 17.8 Å². The van der Waals surface area contributed by atoms with Gasteiger partial charge in [0.25, 0.3) is 0 Å². The van der Waals surface area contributed by atoms with Crippen molar-refractivity contribution in [3.05, 3.63) is 47.5 Å². The summed E-state index contributed by atoms with van der Waals surface area (Å²) in [4.78, 5) is 34.7. The molecule has 0 radical (unpaired) electrons. The fraction of sp³-hybridized carbons (Fsp3) is 0.588. The van der Waals surface area contributed by atoms with Crippen molar-refractivity contribution in [2.24, 2.45) is 5.92 Å². The Morgan fingerprint density at radius 3 is 2.44 bits per heavy atom. The number of likely N-dealkylation sites (tertiary alicyclic amines) is 1. The molecule has 2 aromatic carbocycles. The molecule has 43 heavy (non-hydrogen) atoms. The number of carbonyl (C=O) groups is 2. The second kappa shape index (κ2) is 13.9. The molecule has 0 bridgehead atoms. The van der Waals surface area contributed by atoms with Gasteiger partial charge in [0.15, 0.2) is 11.5 Å². The predicted octanol–water partition coefficient (Wildman–Crippen LogP) is 5.20. The predicted molar refractivity (Wildman–Crippen MR) is 168 cm³/mol. The average Bonchev–Trinajstić information content (AvgIpc) is 3.69. The van der Waals surface area contributed by atoms with Crippen molar-refractivity contribution in [1.29, 1.82) is 0 Å². The second-order valence-electron chi connectivity index (χ2n) is 12.5. The van der Waals surface area contributed by atoms with E-state index in [1.54, 1.807) is 14.2 Å². The van der Waals surface area contributed by atoms with Gasteiger partial charge in [-0.3, -0.25) is 9.69 Å². The number of urea groups is 1. The molecule has 234 valence electrons. The highest BCUT2D eigenvalue weighted by atomic mass is 16.5. The lowest BCUT2D eigenvalue weighted by molar-refractivity contribution is -0.129. The molecule has 2 heterocycles. The summed E-state index contributed by atoms with van der Waals surface area (Å²) in [5, 5.41) is 0. The molecule has 0 aromatic heterocycles. The standard InChI is InChI=1S/C34H48N4O5/c1-24-14-17-37(28-12-13-30(41-4)32(21-28)43-18-6-7-25-8-9-25)34(40)38(24)22-27-11-10-26(19-31(27)42-5)20-33(39)36-16-15-29(23-36)35(2)3/h10-13,19,21,24-25,29H,6-9,14-18,20,22-23H2,1-5H3/t24-,29-/m0/s1. The number of carbonyl (C=O) groups excluding carboxylic acids is 2. The van der Waals surface area contributed by atoms with Gasteiger partial charge in [-0.05, 0) is 76.4 Å². The van der Waals surface area contributed by atoms with Crippen LogP contribution in [-0.4, -0.2) is 93.3 Å². The third kappa shape index (κ3) is 7.55. The van der Waals surface area contributed by atoms with Crippen LogP contribution in [0.4, 0.5) is 10.5 Å². The van der Waals surface area contributed by atoms with Crippen LogP contribution in [0.25, 0.3) is 0 Å². The molecule has 3 aliphatic rings. The summed E-state index contributed by atoms with van der Waals surface area (Å²) in [7, 11) is 7.41. The number of hydrogen-bond acceptors (Lipinski definition) is 6. The fourth-order valence-electron chi connectivity index (χ4n) is 6.17. The summed E-state index contributed by atoms with van der Waals surface area (Å²) in [6, 6.07) is 12.1.